The van der Waals surface area contributed by atoms with Gasteiger partial charge in [0, 0.05) is 51.3 Å². The lowest BCUT2D eigenvalue weighted by atomic mass is 9.94. The van der Waals surface area contributed by atoms with Crippen LogP contribution in [-0.2, 0) is 0 Å². The Kier molecular flexibility index (Phi) is 7.46. The summed E-state index contributed by atoms with van der Waals surface area (Å²) in [7, 11) is 0. The summed E-state index contributed by atoms with van der Waals surface area (Å²) in [5.41, 5.74) is 8.19. The zero-order chi connectivity index (χ0) is 18.4. The van der Waals surface area contributed by atoms with Crippen molar-refractivity contribution in [2.45, 2.75) is 38.8 Å². The molecule has 146 valence electrons. The molecule has 3 atom stereocenters. The number of rotatable bonds is 8. The molecule has 0 aliphatic carbocycles. The summed E-state index contributed by atoms with van der Waals surface area (Å²) in [5, 5.41) is 9.51. The van der Waals surface area contributed by atoms with E-state index in [1.54, 1.807) is 0 Å². The molecule has 0 saturated carbocycles. The first kappa shape index (κ1) is 19.8. The van der Waals surface area contributed by atoms with Crippen LogP contribution in [0.25, 0.3) is 0 Å². The van der Waals surface area contributed by atoms with Crippen LogP contribution >= 0.6 is 0 Å². The van der Waals surface area contributed by atoms with E-state index in [2.05, 4.69) is 64.8 Å². The van der Waals surface area contributed by atoms with Crippen LogP contribution in [0.4, 0.5) is 0 Å². The summed E-state index contributed by atoms with van der Waals surface area (Å²) < 4.78 is 0. The molecule has 0 bridgehead atoms. The highest BCUT2D eigenvalue weighted by Crippen LogP contribution is 2.26. The number of piperazine rings is 1. The van der Waals surface area contributed by atoms with Crippen LogP contribution in [0, 0.1) is 11.8 Å². The van der Waals surface area contributed by atoms with Crippen LogP contribution in [0.5, 0.6) is 0 Å². The fraction of sp³-hybridized carbons (Fsp3) is 0.714. The summed E-state index contributed by atoms with van der Waals surface area (Å²) in [4.78, 5) is 5.22. The predicted molar refractivity (Wildman–Crippen MR) is 107 cm³/mol. The van der Waals surface area contributed by atoms with Gasteiger partial charge in [0.15, 0.2) is 0 Å². The number of nitrogens with zero attached hydrogens (tertiary/aromatic N) is 2. The SMILES string of the molecule is CC(C)CCN1CCN(CC2CNNC2c2ccccc2)CC1CCO. The Morgan fingerprint density at radius 3 is 2.73 bits per heavy atom. The van der Waals surface area contributed by atoms with Crippen molar-refractivity contribution in [1.29, 1.82) is 0 Å². The fourth-order valence-electron chi connectivity index (χ4n) is 4.32. The molecule has 0 radical (unpaired) electrons. The van der Waals surface area contributed by atoms with E-state index in [4.69, 9.17) is 0 Å². The molecule has 0 aromatic heterocycles. The van der Waals surface area contributed by atoms with Gasteiger partial charge < -0.3 is 10.0 Å². The lowest BCUT2D eigenvalue weighted by Gasteiger charge is -2.42. The average molecular weight is 361 g/mol. The molecule has 3 N–H and O–H groups in total. The Balaban J connectivity index is 1.56. The maximum Gasteiger partial charge on any atom is 0.0515 e. The zero-order valence-electron chi connectivity index (χ0n) is 16.4. The number of hydrogen-bond donors (Lipinski definition) is 3. The largest absolute Gasteiger partial charge is 0.396 e. The molecule has 0 spiro atoms. The Morgan fingerprint density at radius 2 is 2.00 bits per heavy atom. The summed E-state index contributed by atoms with van der Waals surface area (Å²) in [6.07, 6.45) is 2.13. The molecule has 3 unspecified atom stereocenters. The molecule has 1 aromatic carbocycles. The van der Waals surface area contributed by atoms with Crippen LogP contribution in [0.15, 0.2) is 30.3 Å². The van der Waals surface area contributed by atoms with E-state index in [0.717, 1.165) is 51.6 Å². The van der Waals surface area contributed by atoms with Gasteiger partial charge in [-0.1, -0.05) is 44.2 Å². The van der Waals surface area contributed by atoms with Crippen molar-refractivity contribution in [1.82, 2.24) is 20.7 Å². The number of hydrazine groups is 1. The van der Waals surface area contributed by atoms with Crippen LogP contribution in [0.2, 0.25) is 0 Å². The third-order valence-corrected chi connectivity index (χ3v) is 5.89. The highest BCUT2D eigenvalue weighted by molar-refractivity contribution is 5.20. The Hall–Kier alpha value is -0.980. The second kappa shape index (κ2) is 9.81. The second-order valence-electron chi connectivity index (χ2n) is 8.32. The van der Waals surface area contributed by atoms with Gasteiger partial charge in [-0.05, 0) is 30.9 Å². The predicted octanol–water partition coefficient (Wildman–Crippen LogP) is 1.87. The van der Waals surface area contributed by atoms with E-state index in [1.807, 2.05) is 0 Å². The highest BCUT2D eigenvalue weighted by Gasteiger charge is 2.33. The number of nitrogens with one attached hydrogen (secondary N) is 2. The summed E-state index contributed by atoms with van der Waals surface area (Å²) in [5.74, 6) is 1.32. The van der Waals surface area contributed by atoms with Crippen molar-refractivity contribution < 1.29 is 5.11 Å². The first-order chi connectivity index (χ1) is 12.7. The molecule has 2 fully saturated rings. The lowest BCUT2D eigenvalue weighted by molar-refractivity contribution is 0.0481. The van der Waals surface area contributed by atoms with Gasteiger partial charge in [0.2, 0.25) is 0 Å². The first-order valence-corrected chi connectivity index (χ1v) is 10.3. The maximum atomic E-state index is 9.51. The molecule has 2 heterocycles. The highest BCUT2D eigenvalue weighted by atomic mass is 16.3. The van der Waals surface area contributed by atoms with Crippen molar-refractivity contribution in [2.75, 3.05) is 45.9 Å². The molecule has 5 heteroatoms. The maximum absolute atomic E-state index is 9.51. The van der Waals surface area contributed by atoms with Gasteiger partial charge >= 0.3 is 0 Å². The molecule has 5 nitrogen and oxygen atoms in total. The van der Waals surface area contributed by atoms with E-state index in [-0.39, 0.29) is 6.61 Å². The molecular weight excluding hydrogens is 324 g/mol. The van der Waals surface area contributed by atoms with Gasteiger partial charge in [-0.25, -0.2) is 5.43 Å². The molecular formula is C21H36N4O. The molecule has 2 saturated heterocycles. The summed E-state index contributed by atoms with van der Waals surface area (Å²) in [6, 6.07) is 11.6. The smallest absolute Gasteiger partial charge is 0.0515 e. The summed E-state index contributed by atoms with van der Waals surface area (Å²) >= 11 is 0. The summed E-state index contributed by atoms with van der Waals surface area (Å²) in [6.45, 7) is 11.5. The molecule has 2 aliphatic heterocycles. The fourth-order valence-corrected chi connectivity index (χ4v) is 4.32. The minimum Gasteiger partial charge on any atom is -0.396 e. The van der Waals surface area contributed by atoms with Crippen molar-refractivity contribution in [3.05, 3.63) is 35.9 Å². The van der Waals surface area contributed by atoms with Gasteiger partial charge in [-0.3, -0.25) is 10.3 Å². The minimum atomic E-state index is 0.288. The van der Waals surface area contributed by atoms with Gasteiger partial charge in [0.05, 0.1) is 6.04 Å². The molecule has 1 aromatic rings. The van der Waals surface area contributed by atoms with Crippen LogP contribution in [0.1, 0.15) is 38.3 Å². The second-order valence-corrected chi connectivity index (χ2v) is 8.32. The van der Waals surface area contributed by atoms with Crippen molar-refractivity contribution >= 4 is 0 Å². The third kappa shape index (κ3) is 5.27. The van der Waals surface area contributed by atoms with E-state index >= 15 is 0 Å². The number of benzene rings is 1. The molecule has 26 heavy (non-hydrogen) atoms. The van der Waals surface area contributed by atoms with Gasteiger partial charge in [0.25, 0.3) is 0 Å². The third-order valence-electron chi connectivity index (χ3n) is 5.89. The Labute approximate surface area is 158 Å². The minimum absolute atomic E-state index is 0.288. The van der Waals surface area contributed by atoms with Crippen molar-refractivity contribution in [3.8, 4) is 0 Å². The van der Waals surface area contributed by atoms with Crippen LogP contribution in [0.3, 0.4) is 0 Å². The topological polar surface area (TPSA) is 50.8 Å². The Morgan fingerprint density at radius 1 is 1.19 bits per heavy atom. The van der Waals surface area contributed by atoms with Gasteiger partial charge in [0.1, 0.15) is 0 Å². The van der Waals surface area contributed by atoms with Crippen LogP contribution in [-0.4, -0.2) is 66.8 Å². The van der Waals surface area contributed by atoms with Crippen molar-refractivity contribution in [2.24, 2.45) is 11.8 Å². The number of hydrogen-bond acceptors (Lipinski definition) is 5. The van der Waals surface area contributed by atoms with Crippen LogP contribution < -0.4 is 10.9 Å². The van der Waals surface area contributed by atoms with E-state index in [1.165, 1.54) is 12.0 Å². The lowest BCUT2D eigenvalue weighted by Crippen LogP contribution is -2.54. The molecule has 3 rings (SSSR count). The number of aliphatic hydroxyl groups is 1. The average Bonchev–Trinajstić information content (AvgIpc) is 3.10. The zero-order valence-corrected chi connectivity index (χ0v) is 16.4. The number of aliphatic hydroxyl groups excluding tert-OH is 1. The van der Waals surface area contributed by atoms with E-state index in [0.29, 0.717) is 18.0 Å². The molecule has 2 aliphatic rings. The van der Waals surface area contributed by atoms with Gasteiger partial charge in [-0.15, -0.1) is 0 Å². The normalized spacial score (nSPS) is 28.1. The Bertz CT molecular complexity index is 524. The van der Waals surface area contributed by atoms with Crippen molar-refractivity contribution in [3.63, 3.8) is 0 Å². The van der Waals surface area contributed by atoms with E-state index < -0.39 is 0 Å². The quantitative estimate of drug-likeness (QED) is 0.661. The van der Waals surface area contributed by atoms with Gasteiger partial charge in [-0.2, -0.15) is 0 Å². The monoisotopic (exact) mass is 360 g/mol. The first-order valence-electron chi connectivity index (χ1n) is 10.3. The standard InChI is InChI=1S/C21H36N4O/c1-17(2)8-10-25-12-11-24(16-20(25)9-13-26)15-19-14-22-23-21(19)18-6-4-3-5-7-18/h3-7,17,19-23,26H,8-16H2,1-2H3. The molecule has 0 amide bonds. The van der Waals surface area contributed by atoms with E-state index in [9.17, 15) is 5.11 Å².